The van der Waals surface area contributed by atoms with Gasteiger partial charge < -0.3 is 0 Å². The van der Waals surface area contributed by atoms with E-state index in [4.69, 9.17) is 23.2 Å². The van der Waals surface area contributed by atoms with E-state index in [1.54, 1.807) is 0 Å². The number of halogens is 2. The molecule has 0 aromatic rings. The van der Waals surface area contributed by atoms with Gasteiger partial charge in [-0.15, -0.1) is 0 Å². The molecule has 3 saturated carbocycles. The van der Waals surface area contributed by atoms with Gasteiger partial charge in [-0.05, 0) is 48.3 Å². The highest BCUT2D eigenvalue weighted by Gasteiger charge is 2.86. The van der Waals surface area contributed by atoms with Crippen molar-refractivity contribution in [3.05, 3.63) is 12.2 Å². The second-order valence-electron chi connectivity index (χ2n) is 7.93. The normalized spacial score (nSPS) is 72.1. The van der Waals surface area contributed by atoms with Gasteiger partial charge in [0.15, 0.2) is 4.46 Å². The molecule has 0 aromatic carbocycles. The minimum atomic E-state index is -0.601. The van der Waals surface area contributed by atoms with E-state index >= 15 is 0 Å². The van der Waals surface area contributed by atoms with E-state index < -0.39 is 4.46 Å². The summed E-state index contributed by atoms with van der Waals surface area (Å²) in [6.07, 6.45) is 7.63. The monoisotopic (exact) mass is 294 g/mol. The summed E-state index contributed by atoms with van der Waals surface area (Å²) >= 11 is 13.8. The first kappa shape index (κ1) is 10.0. The summed E-state index contributed by atoms with van der Waals surface area (Å²) in [6, 6.07) is 2.07. The molecule has 100 valence electrons. The van der Waals surface area contributed by atoms with Crippen LogP contribution < -0.4 is 0 Å². The van der Waals surface area contributed by atoms with E-state index in [9.17, 15) is 0 Å². The number of hydrogen-bond acceptors (Lipinski definition) is 2. The first-order chi connectivity index (χ1) is 9.21. The van der Waals surface area contributed by atoms with Crippen LogP contribution in [0, 0.1) is 41.4 Å². The molecule has 7 fully saturated rings. The Morgan fingerprint density at radius 2 is 1.84 bits per heavy atom. The molecule has 2 nitrogen and oxygen atoms in total. The molecule has 6 bridgehead atoms. The van der Waals surface area contributed by atoms with Crippen LogP contribution in [0.3, 0.4) is 0 Å². The molecule has 0 amide bonds. The van der Waals surface area contributed by atoms with Crippen molar-refractivity contribution >= 4 is 23.2 Å². The zero-order valence-electron chi connectivity index (χ0n) is 10.5. The van der Waals surface area contributed by atoms with Crippen LogP contribution in [0.2, 0.25) is 0 Å². The molecule has 4 aliphatic carbocycles. The van der Waals surface area contributed by atoms with Crippen LogP contribution >= 0.6 is 23.2 Å². The molecule has 4 saturated heterocycles. The third kappa shape index (κ3) is 0.711. The van der Waals surface area contributed by atoms with Gasteiger partial charge in [0, 0.05) is 24.0 Å². The van der Waals surface area contributed by atoms with E-state index in [0.717, 1.165) is 41.5 Å². The van der Waals surface area contributed by atoms with Crippen LogP contribution in [0.4, 0.5) is 0 Å². The topological polar surface area (TPSA) is 6.48 Å². The van der Waals surface area contributed by atoms with Crippen molar-refractivity contribution in [1.29, 1.82) is 0 Å². The number of piperidine rings is 1. The highest BCUT2D eigenvalue weighted by molar-refractivity contribution is 6.48. The summed E-state index contributed by atoms with van der Waals surface area (Å²) in [6.45, 7) is 0. The predicted octanol–water partition coefficient (Wildman–Crippen LogP) is 2.49. The largest absolute Gasteiger partial charge is 0.231 e. The molecule has 4 aliphatic heterocycles. The fourth-order valence-corrected chi connectivity index (χ4v) is 9.05. The number of nitrogens with zero attached hydrogens (tertiary/aromatic N) is 2. The molecule has 0 aromatic heterocycles. The lowest BCUT2D eigenvalue weighted by atomic mass is 9.56. The molecule has 0 radical (unpaired) electrons. The minimum absolute atomic E-state index is 0.533. The van der Waals surface area contributed by atoms with Gasteiger partial charge in [-0.2, -0.15) is 0 Å². The van der Waals surface area contributed by atoms with E-state index in [0.29, 0.717) is 18.0 Å². The molecule has 19 heavy (non-hydrogen) atoms. The van der Waals surface area contributed by atoms with Crippen molar-refractivity contribution in [2.45, 2.75) is 35.4 Å². The van der Waals surface area contributed by atoms with Crippen molar-refractivity contribution < 1.29 is 0 Å². The molecule has 0 spiro atoms. The van der Waals surface area contributed by atoms with Gasteiger partial charge in [0.2, 0.25) is 0 Å². The zero-order chi connectivity index (χ0) is 12.3. The van der Waals surface area contributed by atoms with Gasteiger partial charge in [0.1, 0.15) is 0 Å². The van der Waals surface area contributed by atoms with Crippen LogP contribution in [-0.4, -0.2) is 32.6 Å². The molecule has 8 aliphatic rings. The quantitative estimate of drug-likeness (QED) is 0.385. The number of alkyl halides is 2. The molecule has 10 atom stereocenters. The minimum Gasteiger partial charge on any atom is -0.231 e. The Kier molecular flexibility index (Phi) is 1.34. The van der Waals surface area contributed by atoms with Crippen molar-refractivity contribution in [3.8, 4) is 0 Å². The van der Waals surface area contributed by atoms with Crippen LogP contribution in [0.25, 0.3) is 0 Å². The fourth-order valence-electron chi connectivity index (χ4n) is 8.07. The Morgan fingerprint density at radius 1 is 1.00 bits per heavy atom. The average molecular weight is 295 g/mol. The van der Waals surface area contributed by atoms with Crippen LogP contribution in [0.1, 0.15) is 12.8 Å². The van der Waals surface area contributed by atoms with Gasteiger partial charge in [0.25, 0.3) is 0 Å². The highest BCUT2D eigenvalue weighted by atomic mass is 35.5. The molecule has 8 rings (SSSR count). The number of hydrogen-bond donors (Lipinski definition) is 0. The molecular formula is C15H16Cl2N2. The Labute approximate surface area is 122 Å². The zero-order valence-corrected chi connectivity index (χ0v) is 12.0. The predicted molar refractivity (Wildman–Crippen MR) is 72.3 cm³/mol. The van der Waals surface area contributed by atoms with Gasteiger partial charge in [-0.25, -0.2) is 10.0 Å². The summed E-state index contributed by atoms with van der Waals surface area (Å²) in [7, 11) is 0. The van der Waals surface area contributed by atoms with Gasteiger partial charge >= 0.3 is 0 Å². The van der Waals surface area contributed by atoms with Crippen molar-refractivity contribution in [2.24, 2.45) is 41.4 Å². The van der Waals surface area contributed by atoms with Crippen molar-refractivity contribution in [3.63, 3.8) is 0 Å². The first-order valence-electron chi connectivity index (χ1n) is 7.83. The Morgan fingerprint density at radius 3 is 2.74 bits per heavy atom. The highest BCUT2D eigenvalue weighted by Crippen LogP contribution is 2.80. The maximum atomic E-state index is 6.88. The van der Waals surface area contributed by atoms with Crippen molar-refractivity contribution in [2.75, 3.05) is 0 Å². The summed E-state index contributed by atoms with van der Waals surface area (Å²) in [5, 5.41) is 5.17. The van der Waals surface area contributed by atoms with Crippen LogP contribution in [0.5, 0.6) is 0 Å². The maximum absolute atomic E-state index is 6.88. The van der Waals surface area contributed by atoms with Gasteiger partial charge in [-0.1, -0.05) is 35.4 Å². The third-order valence-electron chi connectivity index (χ3n) is 7.98. The summed E-state index contributed by atoms with van der Waals surface area (Å²) in [4.78, 5) is 0. The van der Waals surface area contributed by atoms with Crippen LogP contribution in [-0.2, 0) is 0 Å². The second kappa shape index (κ2) is 2.54. The maximum Gasteiger partial charge on any atom is 0.188 e. The standard InChI is InChI=1S/C15H16Cl2N2/c16-15(17)11-7-4-8-10-9(7)13-6-3-1-2-5(6)12(10)18(14(8)11)19(13)15/h1,3,5-14H,2,4H2. The van der Waals surface area contributed by atoms with E-state index in [1.165, 1.54) is 12.8 Å². The molecule has 4 heteroatoms. The first-order valence-corrected chi connectivity index (χ1v) is 8.59. The number of rotatable bonds is 0. The third-order valence-corrected chi connectivity index (χ3v) is 8.83. The smallest absolute Gasteiger partial charge is 0.188 e. The molecule has 0 N–H and O–H groups in total. The Balaban J connectivity index is 1.58. The number of allylic oxidation sites excluding steroid dienone is 1. The fraction of sp³-hybridized carbons (Fsp3) is 0.867. The number of fused-ring (bicyclic) bond motifs is 2. The van der Waals surface area contributed by atoms with E-state index in [2.05, 4.69) is 22.2 Å². The van der Waals surface area contributed by atoms with Crippen molar-refractivity contribution in [1.82, 2.24) is 10.0 Å². The number of hydrazine groups is 1. The average Bonchev–Trinajstić information content (AvgIpc) is 3.08. The van der Waals surface area contributed by atoms with E-state index in [-0.39, 0.29) is 0 Å². The molecule has 10 unspecified atom stereocenters. The molecule has 4 heterocycles. The van der Waals surface area contributed by atoms with E-state index in [1.807, 2.05) is 0 Å². The summed E-state index contributed by atoms with van der Waals surface area (Å²) in [5.41, 5.74) is 0. The van der Waals surface area contributed by atoms with Gasteiger partial charge in [0.05, 0.1) is 0 Å². The lowest BCUT2D eigenvalue weighted by Gasteiger charge is -2.64. The van der Waals surface area contributed by atoms with Crippen LogP contribution in [0.15, 0.2) is 12.2 Å². The van der Waals surface area contributed by atoms with Gasteiger partial charge in [-0.3, -0.25) is 0 Å². The summed E-state index contributed by atoms with van der Waals surface area (Å²) < 4.78 is -0.601. The lowest BCUT2D eigenvalue weighted by molar-refractivity contribution is -0.221. The Bertz CT molecular complexity index is 560. The lowest BCUT2D eigenvalue weighted by Crippen LogP contribution is -2.74. The Hall–Kier alpha value is 0.240. The second-order valence-corrected chi connectivity index (χ2v) is 9.28. The summed E-state index contributed by atoms with van der Waals surface area (Å²) in [5.74, 6) is 5.77. The SMILES string of the molecule is ClC1(Cl)C2C3CC4C5C3C3C6C=CCC6C5N(C42)N31. The molecular weight excluding hydrogens is 279 g/mol.